The lowest BCUT2D eigenvalue weighted by Crippen LogP contribution is -2.32. The Kier molecular flexibility index (Phi) is 3.66. The van der Waals surface area contributed by atoms with Crippen LogP contribution in [0.2, 0.25) is 0 Å². The number of aromatic nitrogens is 2. The molecule has 1 N–H and O–H groups in total. The van der Waals surface area contributed by atoms with Crippen molar-refractivity contribution in [3.8, 4) is 5.75 Å². The van der Waals surface area contributed by atoms with Crippen molar-refractivity contribution in [2.24, 2.45) is 0 Å². The topological polar surface area (TPSA) is 58.2 Å². The number of rotatable bonds is 3. The van der Waals surface area contributed by atoms with Crippen LogP contribution in [0, 0.1) is 0 Å². The van der Waals surface area contributed by atoms with Gasteiger partial charge in [0.2, 0.25) is 5.91 Å². The van der Waals surface area contributed by atoms with E-state index in [1.54, 1.807) is 0 Å². The molecule has 2 aromatic carbocycles. The quantitative estimate of drug-likeness (QED) is 0.790. The summed E-state index contributed by atoms with van der Waals surface area (Å²) in [7, 11) is 0. The lowest BCUT2D eigenvalue weighted by molar-refractivity contribution is -0.131. The third-order valence-electron chi connectivity index (χ3n) is 5.41. The molecule has 0 radical (unpaired) electrons. The minimum Gasteiger partial charge on any atom is -0.493 e. The van der Waals surface area contributed by atoms with Crippen LogP contribution in [0.25, 0.3) is 11.0 Å². The Morgan fingerprint density at radius 2 is 2.19 bits per heavy atom. The Hall–Kier alpha value is -2.82. The van der Waals surface area contributed by atoms with Gasteiger partial charge in [0, 0.05) is 13.0 Å². The zero-order chi connectivity index (χ0) is 17.5. The number of nitrogens with zero attached hydrogens (tertiary/aromatic N) is 2. The third-order valence-corrected chi connectivity index (χ3v) is 5.41. The van der Waals surface area contributed by atoms with Crippen molar-refractivity contribution in [2.75, 3.05) is 13.2 Å². The average Bonchev–Trinajstić information content (AvgIpc) is 3.38. The fourth-order valence-electron chi connectivity index (χ4n) is 4.11. The molecule has 5 rings (SSSR count). The average molecular weight is 347 g/mol. The minimum absolute atomic E-state index is 0.0488. The summed E-state index contributed by atoms with van der Waals surface area (Å²) < 4.78 is 5.55. The molecule has 5 heteroatoms. The number of H-pyrrole nitrogens is 1. The van der Waals surface area contributed by atoms with Gasteiger partial charge in [0.15, 0.2) is 0 Å². The predicted octanol–water partition coefficient (Wildman–Crippen LogP) is 3.40. The first kappa shape index (κ1) is 15.4. The van der Waals surface area contributed by atoms with Crippen molar-refractivity contribution in [2.45, 2.75) is 31.7 Å². The summed E-state index contributed by atoms with van der Waals surface area (Å²) in [6.45, 7) is 1.54. The Morgan fingerprint density at radius 1 is 1.27 bits per heavy atom. The van der Waals surface area contributed by atoms with E-state index in [9.17, 15) is 4.79 Å². The number of benzene rings is 2. The Bertz CT molecular complexity index is 945. The maximum atomic E-state index is 13.0. The van der Waals surface area contributed by atoms with Crippen molar-refractivity contribution in [1.29, 1.82) is 0 Å². The van der Waals surface area contributed by atoms with Crippen LogP contribution in [0.15, 0.2) is 42.5 Å². The van der Waals surface area contributed by atoms with Gasteiger partial charge in [0.05, 0.1) is 30.1 Å². The summed E-state index contributed by atoms with van der Waals surface area (Å²) in [6.07, 6.45) is 3.35. The van der Waals surface area contributed by atoms with Crippen LogP contribution in [0.3, 0.4) is 0 Å². The number of carbonyl (C=O) groups is 1. The number of ether oxygens (including phenoxy) is 1. The number of amides is 1. The number of imidazole rings is 1. The standard InChI is InChI=1S/C21H21N3O2/c25-20(13-14-7-8-19-15(12-14)9-11-26-19)24-10-3-6-18(24)21-22-16-4-1-2-5-17(16)23-21/h1-2,4-5,7-8,12,18H,3,6,9-11,13H2,(H,22,23). The molecule has 1 atom stereocenters. The molecule has 26 heavy (non-hydrogen) atoms. The van der Waals surface area contributed by atoms with E-state index < -0.39 is 0 Å². The van der Waals surface area contributed by atoms with E-state index in [0.29, 0.717) is 6.42 Å². The molecule has 0 aliphatic carbocycles. The summed E-state index contributed by atoms with van der Waals surface area (Å²) in [5.41, 5.74) is 4.26. The van der Waals surface area contributed by atoms with E-state index in [0.717, 1.165) is 60.6 Å². The summed E-state index contributed by atoms with van der Waals surface area (Å²) in [6, 6.07) is 14.2. The van der Waals surface area contributed by atoms with Crippen molar-refractivity contribution < 1.29 is 9.53 Å². The third kappa shape index (κ3) is 2.64. The van der Waals surface area contributed by atoms with Gasteiger partial charge in [-0.05, 0) is 42.2 Å². The molecule has 3 heterocycles. The summed E-state index contributed by atoms with van der Waals surface area (Å²) in [5.74, 6) is 2.04. The maximum Gasteiger partial charge on any atom is 0.227 e. The van der Waals surface area contributed by atoms with Gasteiger partial charge in [-0.2, -0.15) is 0 Å². The lowest BCUT2D eigenvalue weighted by Gasteiger charge is -2.23. The van der Waals surface area contributed by atoms with E-state index in [1.165, 1.54) is 5.56 Å². The van der Waals surface area contributed by atoms with Gasteiger partial charge in [-0.1, -0.05) is 24.3 Å². The molecule has 2 aliphatic heterocycles. The second-order valence-corrected chi connectivity index (χ2v) is 7.10. The van der Waals surface area contributed by atoms with E-state index in [2.05, 4.69) is 11.1 Å². The van der Waals surface area contributed by atoms with Crippen LogP contribution in [0.5, 0.6) is 5.75 Å². The molecule has 5 nitrogen and oxygen atoms in total. The molecule has 3 aromatic rings. The Labute approximate surface area is 152 Å². The zero-order valence-electron chi connectivity index (χ0n) is 14.6. The van der Waals surface area contributed by atoms with Crippen LogP contribution < -0.4 is 4.74 Å². The van der Waals surface area contributed by atoms with E-state index in [1.807, 2.05) is 41.3 Å². The van der Waals surface area contributed by atoms with Gasteiger partial charge >= 0.3 is 0 Å². The van der Waals surface area contributed by atoms with Crippen molar-refractivity contribution >= 4 is 16.9 Å². The number of aromatic amines is 1. The zero-order valence-corrected chi connectivity index (χ0v) is 14.6. The fraction of sp³-hybridized carbons (Fsp3) is 0.333. The highest BCUT2D eigenvalue weighted by atomic mass is 16.5. The van der Waals surface area contributed by atoms with E-state index >= 15 is 0 Å². The molecule has 0 bridgehead atoms. The summed E-state index contributed by atoms with van der Waals surface area (Å²) in [4.78, 5) is 23.1. The first-order chi connectivity index (χ1) is 12.8. The van der Waals surface area contributed by atoms with Crippen molar-refractivity contribution in [3.05, 3.63) is 59.4 Å². The molecule has 1 aromatic heterocycles. The predicted molar refractivity (Wildman–Crippen MR) is 99.1 cm³/mol. The second kappa shape index (κ2) is 6.16. The number of carbonyl (C=O) groups excluding carboxylic acids is 1. The minimum atomic E-state index is 0.0488. The van der Waals surface area contributed by atoms with Crippen LogP contribution in [-0.4, -0.2) is 33.9 Å². The number of hydrogen-bond donors (Lipinski definition) is 1. The summed E-state index contributed by atoms with van der Waals surface area (Å²) in [5, 5.41) is 0. The highest BCUT2D eigenvalue weighted by Gasteiger charge is 2.32. The molecular weight excluding hydrogens is 326 g/mol. The number of likely N-dealkylation sites (tertiary alicyclic amines) is 1. The first-order valence-corrected chi connectivity index (χ1v) is 9.27. The van der Waals surface area contributed by atoms with Gasteiger partial charge in [-0.3, -0.25) is 4.79 Å². The highest BCUT2D eigenvalue weighted by molar-refractivity contribution is 5.80. The smallest absolute Gasteiger partial charge is 0.227 e. The van der Waals surface area contributed by atoms with Crippen LogP contribution in [-0.2, 0) is 17.6 Å². The van der Waals surface area contributed by atoms with Crippen molar-refractivity contribution in [3.63, 3.8) is 0 Å². The first-order valence-electron chi connectivity index (χ1n) is 9.27. The number of nitrogens with one attached hydrogen (secondary N) is 1. The molecule has 1 saturated heterocycles. The van der Waals surface area contributed by atoms with Crippen LogP contribution >= 0.6 is 0 Å². The Morgan fingerprint density at radius 3 is 3.12 bits per heavy atom. The summed E-state index contributed by atoms with van der Waals surface area (Å²) >= 11 is 0. The molecular formula is C21H21N3O2. The van der Waals surface area contributed by atoms with E-state index in [4.69, 9.17) is 9.72 Å². The molecule has 2 aliphatic rings. The number of hydrogen-bond acceptors (Lipinski definition) is 3. The normalized spacial score (nSPS) is 18.9. The van der Waals surface area contributed by atoms with Gasteiger partial charge in [-0.15, -0.1) is 0 Å². The fourth-order valence-corrected chi connectivity index (χ4v) is 4.11. The van der Waals surface area contributed by atoms with Crippen LogP contribution in [0.4, 0.5) is 0 Å². The van der Waals surface area contributed by atoms with E-state index in [-0.39, 0.29) is 11.9 Å². The lowest BCUT2D eigenvalue weighted by atomic mass is 10.1. The SMILES string of the molecule is O=C(Cc1ccc2c(c1)CCO2)N1CCCC1c1nc2ccccc2[nH]1. The Balaban J connectivity index is 1.37. The molecule has 0 saturated carbocycles. The highest BCUT2D eigenvalue weighted by Crippen LogP contribution is 2.32. The van der Waals surface area contributed by atoms with Gasteiger partial charge in [0.1, 0.15) is 11.6 Å². The van der Waals surface area contributed by atoms with Crippen LogP contribution in [0.1, 0.15) is 35.8 Å². The van der Waals surface area contributed by atoms with Gasteiger partial charge in [0.25, 0.3) is 0 Å². The van der Waals surface area contributed by atoms with Gasteiger partial charge < -0.3 is 14.6 Å². The largest absolute Gasteiger partial charge is 0.493 e. The van der Waals surface area contributed by atoms with Crippen molar-refractivity contribution in [1.82, 2.24) is 14.9 Å². The molecule has 1 unspecified atom stereocenters. The number of fused-ring (bicyclic) bond motifs is 2. The molecule has 1 amide bonds. The monoisotopic (exact) mass is 347 g/mol. The second-order valence-electron chi connectivity index (χ2n) is 7.10. The molecule has 0 spiro atoms. The molecule has 132 valence electrons. The number of para-hydroxylation sites is 2. The molecule has 1 fully saturated rings. The maximum absolute atomic E-state index is 13.0. The van der Waals surface area contributed by atoms with Gasteiger partial charge in [-0.25, -0.2) is 4.98 Å².